The first kappa shape index (κ1) is 11.9. The van der Waals surface area contributed by atoms with Gasteiger partial charge < -0.3 is 10.6 Å². The minimum Gasteiger partial charge on any atom is -0.341 e. The van der Waals surface area contributed by atoms with E-state index in [4.69, 9.17) is 5.73 Å². The summed E-state index contributed by atoms with van der Waals surface area (Å²) in [5, 5.41) is 0. The molecule has 3 rings (SSSR count). The van der Waals surface area contributed by atoms with Crippen LogP contribution < -0.4 is 10.6 Å². The molecule has 1 saturated carbocycles. The van der Waals surface area contributed by atoms with Crippen molar-refractivity contribution < 1.29 is 0 Å². The summed E-state index contributed by atoms with van der Waals surface area (Å²) in [5.74, 6) is 2.71. The van der Waals surface area contributed by atoms with Crippen LogP contribution in [-0.2, 0) is 6.54 Å². The van der Waals surface area contributed by atoms with Crippen LogP contribution >= 0.6 is 0 Å². The largest absolute Gasteiger partial charge is 0.341 e. The average Bonchev–Trinajstić information content (AvgIpc) is 2.47. The molecule has 1 aliphatic heterocycles. The molecular formula is C14H22N4. The van der Waals surface area contributed by atoms with Crippen LogP contribution in [0.4, 0.5) is 5.95 Å². The molecule has 0 amide bonds. The molecule has 4 heteroatoms. The van der Waals surface area contributed by atoms with Gasteiger partial charge in [-0.25, -0.2) is 9.97 Å². The van der Waals surface area contributed by atoms with Crippen molar-refractivity contribution in [1.29, 1.82) is 0 Å². The third kappa shape index (κ3) is 2.34. The lowest BCUT2D eigenvalue weighted by molar-refractivity contribution is 0.201. The molecule has 2 aliphatic rings. The summed E-state index contributed by atoms with van der Waals surface area (Å²) in [7, 11) is 0. The molecule has 1 aromatic rings. The highest BCUT2D eigenvalue weighted by atomic mass is 15.3. The lowest BCUT2D eigenvalue weighted by atomic mass is 9.75. The van der Waals surface area contributed by atoms with E-state index in [1.165, 1.54) is 32.1 Å². The van der Waals surface area contributed by atoms with Gasteiger partial charge in [0.15, 0.2) is 0 Å². The Bertz CT molecular complexity index is 389. The zero-order valence-electron chi connectivity index (χ0n) is 10.9. The van der Waals surface area contributed by atoms with Gasteiger partial charge >= 0.3 is 0 Å². The third-order valence-electron chi connectivity index (χ3n) is 4.50. The molecule has 1 aromatic heterocycles. The summed E-state index contributed by atoms with van der Waals surface area (Å²) in [6.07, 6.45) is 10.7. The number of anilines is 1. The maximum atomic E-state index is 5.57. The maximum Gasteiger partial charge on any atom is 0.225 e. The van der Waals surface area contributed by atoms with E-state index < -0.39 is 0 Å². The van der Waals surface area contributed by atoms with Crippen LogP contribution in [0.5, 0.6) is 0 Å². The van der Waals surface area contributed by atoms with Gasteiger partial charge in [-0.1, -0.05) is 19.3 Å². The van der Waals surface area contributed by atoms with E-state index in [2.05, 4.69) is 14.9 Å². The highest BCUT2D eigenvalue weighted by Crippen LogP contribution is 2.36. The van der Waals surface area contributed by atoms with Crippen molar-refractivity contribution in [2.45, 2.75) is 38.6 Å². The molecule has 2 atom stereocenters. The molecule has 98 valence electrons. The van der Waals surface area contributed by atoms with Crippen LogP contribution in [0.25, 0.3) is 0 Å². The summed E-state index contributed by atoms with van der Waals surface area (Å²) in [6, 6.07) is 0. The summed E-state index contributed by atoms with van der Waals surface area (Å²) in [5.41, 5.74) is 6.58. The minimum atomic E-state index is 0.519. The number of hydrogen-bond acceptors (Lipinski definition) is 4. The molecular weight excluding hydrogens is 224 g/mol. The van der Waals surface area contributed by atoms with Gasteiger partial charge in [0, 0.05) is 37.6 Å². The smallest absolute Gasteiger partial charge is 0.225 e. The Morgan fingerprint density at radius 3 is 2.56 bits per heavy atom. The lowest BCUT2D eigenvalue weighted by Crippen LogP contribution is -2.42. The Morgan fingerprint density at radius 2 is 1.83 bits per heavy atom. The molecule has 2 heterocycles. The number of nitrogens with zero attached hydrogens (tertiary/aromatic N) is 3. The summed E-state index contributed by atoms with van der Waals surface area (Å²) in [4.78, 5) is 11.2. The SMILES string of the molecule is NCc1cnc(N2CCC3CCCCC3C2)nc1. The molecule has 0 aromatic carbocycles. The maximum absolute atomic E-state index is 5.57. The normalized spacial score (nSPS) is 27.9. The van der Waals surface area contributed by atoms with E-state index in [9.17, 15) is 0 Å². The predicted octanol–water partition coefficient (Wildman–Crippen LogP) is 1.95. The fraction of sp³-hybridized carbons (Fsp3) is 0.714. The van der Waals surface area contributed by atoms with Gasteiger partial charge in [-0.3, -0.25) is 0 Å². The Kier molecular flexibility index (Phi) is 3.46. The fourth-order valence-electron chi connectivity index (χ4n) is 3.40. The average molecular weight is 246 g/mol. The molecule has 1 aliphatic carbocycles. The first-order chi connectivity index (χ1) is 8.86. The van der Waals surface area contributed by atoms with Crippen molar-refractivity contribution in [2.24, 2.45) is 17.6 Å². The zero-order valence-corrected chi connectivity index (χ0v) is 10.9. The van der Waals surface area contributed by atoms with Crippen LogP contribution in [0.1, 0.15) is 37.7 Å². The Labute approximate surface area is 109 Å². The van der Waals surface area contributed by atoms with Crippen molar-refractivity contribution in [3.8, 4) is 0 Å². The second-order valence-corrected chi connectivity index (χ2v) is 5.63. The quantitative estimate of drug-likeness (QED) is 0.866. The second kappa shape index (κ2) is 5.22. The molecule has 2 fully saturated rings. The molecule has 4 nitrogen and oxygen atoms in total. The van der Waals surface area contributed by atoms with Gasteiger partial charge in [-0.2, -0.15) is 0 Å². The van der Waals surface area contributed by atoms with Gasteiger partial charge in [-0.05, 0) is 24.7 Å². The van der Waals surface area contributed by atoms with Crippen LogP contribution in [0.15, 0.2) is 12.4 Å². The van der Waals surface area contributed by atoms with Crippen molar-refractivity contribution in [3.05, 3.63) is 18.0 Å². The van der Waals surface area contributed by atoms with E-state index in [-0.39, 0.29) is 0 Å². The lowest BCUT2D eigenvalue weighted by Gasteiger charge is -2.41. The van der Waals surface area contributed by atoms with Crippen LogP contribution in [0.2, 0.25) is 0 Å². The fourth-order valence-corrected chi connectivity index (χ4v) is 3.40. The van der Waals surface area contributed by atoms with E-state index in [1.807, 2.05) is 12.4 Å². The van der Waals surface area contributed by atoms with Crippen molar-refractivity contribution in [2.75, 3.05) is 18.0 Å². The molecule has 0 spiro atoms. The van der Waals surface area contributed by atoms with Gasteiger partial charge in [-0.15, -0.1) is 0 Å². The van der Waals surface area contributed by atoms with E-state index >= 15 is 0 Å². The Balaban J connectivity index is 1.69. The first-order valence-corrected chi connectivity index (χ1v) is 7.13. The number of nitrogens with two attached hydrogens (primary N) is 1. The monoisotopic (exact) mass is 246 g/mol. The van der Waals surface area contributed by atoms with Crippen LogP contribution in [0.3, 0.4) is 0 Å². The molecule has 2 N–H and O–H groups in total. The van der Waals surface area contributed by atoms with E-state index in [0.717, 1.165) is 36.4 Å². The molecule has 1 saturated heterocycles. The third-order valence-corrected chi connectivity index (χ3v) is 4.50. The molecule has 0 radical (unpaired) electrons. The number of piperidine rings is 1. The Hall–Kier alpha value is -1.16. The predicted molar refractivity (Wildman–Crippen MR) is 72.2 cm³/mol. The van der Waals surface area contributed by atoms with Crippen LogP contribution in [0, 0.1) is 11.8 Å². The number of fused-ring (bicyclic) bond motifs is 1. The second-order valence-electron chi connectivity index (χ2n) is 5.63. The Morgan fingerprint density at radius 1 is 1.11 bits per heavy atom. The van der Waals surface area contributed by atoms with Gasteiger partial charge in [0.1, 0.15) is 0 Å². The van der Waals surface area contributed by atoms with Crippen molar-refractivity contribution in [1.82, 2.24) is 9.97 Å². The number of rotatable bonds is 2. The topological polar surface area (TPSA) is 55.0 Å². The summed E-state index contributed by atoms with van der Waals surface area (Å²) >= 11 is 0. The van der Waals surface area contributed by atoms with Gasteiger partial charge in [0.2, 0.25) is 5.95 Å². The summed E-state index contributed by atoms with van der Waals surface area (Å²) in [6.45, 7) is 2.78. The van der Waals surface area contributed by atoms with Crippen molar-refractivity contribution in [3.63, 3.8) is 0 Å². The highest BCUT2D eigenvalue weighted by molar-refractivity contribution is 5.31. The highest BCUT2D eigenvalue weighted by Gasteiger charge is 2.31. The van der Waals surface area contributed by atoms with Crippen LogP contribution in [-0.4, -0.2) is 23.1 Å². The number of aromatic nitrogens is 2. The first-order valence-electron chi connectivity index (χ1n) is 7.13. The molecule has 0 bridgehead atoms. The number of hydrogen-bond donors (Lipinski definition) is 1. The standard InChI is InChI=1S/C14H22N4/c15-7-11-8-16-14(17-9-11)18-6-5-12-3-1-2-4-13(12)10-18/h8-9,12-13H,1-7,10,15H2. The van der Waals surface area contributed by atoms with E-state index in [1.54, 1.807) is 0 Å². The molecule has 2 unspecified atom stereocenters. The van der Waals surface area contributed by atoms with Crippen molar-refractivity contribution >= 4 is 5.95 Å². The minimum absolute atomic E-state index is 0.519. The van der Waals surface area contributed by atoms with Gasteiger partial charge in [0.05, 0.1) is 0 Å². The van der Waals surface area contributed by atoms with E-state index in [0.29, 0.717) is 6.54 Å². The molecule has 18 heavy (non-hydrogen) atoms. The summed E-state index contributed by atoms with van der Waals surface area (Å²) < 4.78 is 0. The zero-order chi connectivity index (χ0) is 12.4. The van der Waals surface area contributed by atoms with Gasteiger partial charge in [0.25, 0.3) is 0 Å².